The first-order valence-electron chi connectivity index (χ1n) is 5.37. The lowest BCUT2D eigenvalue weighted by molar-refractivity contribution is -0.137. The molecule has 1 aromatic heterocycles. The van der Waals surface area contributed by atoms with E-state index in [-0.39, 0.29) is 12.3 Å². The largest absolute Gasteiger partial charge is 0.481 e. The maximum atomic E-state index is 10.6. The van der Waals surface area contributed by atoms with Crippen molar-refractivity contribution >= 4 is 17.6 Å². The summed E-state index contributed by atoms with van der Waals surface area (Å²) in [6.45, 7) is 1.74. The maximum Gasteiger partial charge on any atom is 0.304 e. The smallest absolute Gasteiger partial charge is 0.304 e. The predicted octanol–water partition coefficient (Wildman–Crippen LogP) is 2.97. The number of nitrogens with zero attached hydrogens (tertiary/aromatic N) is 2. The number of carbonyl (C=O) groups is 1. The van der Waals surface area contributed by atoms with Crippen molar-refractivity contribution in [3.05, 3.63) is 35.1 Å². The van der Waals surface area contributed by atoms with Gasteiger partial charge in [0.25, 0.3) is 5.89 Å². The summed E-state index contributed by atoms with van der Waals surface area (Å²) in [4.78, 5) is 14.8. The summed E-state index contributed by atoms with van der Waals surface area (Å²) in [5.41, 5.74) is 0.712. The molecule has 1 heterocycles. The topological polar surface area (TPSA) is 76.2 Å². The van der Waals surface area contributed by atoms with Crippen molar-refractivity contribution in [1.29, 1.82) is 0 Å². The highest BCUT2D eigenvalue weighted by atomic mass is 35.5. The van der Waals surface area contributed by atoms with Gasteiger partial charge in [-0.25, -0.2) is 0 Å². The van der Waals surface area contributed by atoms with E-state index in [0.29, 0.717) is 22.3 Å². The Bertz CT molecular complexity index is 568. The molecule has 0 aliphatic rings. The summed E-state index contributed by atoms with van der Waals surface area (Å²) in [5, 5.41) is 13.1. The van der Waals surface area contributed by atoms with Crippen LogP contribution in [0.3, 0.4) is 0 Å². The van der Waals surface area contributed by atoms with Crippen LogP contribution in [0.4, 0.5) is 0 Å². The van der Waals surface area contributed by atoms with E-state index in [9.17, 15) is 4.79 Å². The van der Waals surface area contributed by atoms with Crippen LogP contribution in [0.2, 0.25) is 5.02 Å². The number of aliphatic carboxylic acids is 1. The number of hydrogen-bond donors (Lipinski definition) is 1. The third-order valence-electron chi connectivity index (χ3n) is 2.43. The second-order valence-corrected chi connectivity index (χ2v) is 4.40. The van der Waals surface area contributed by atoms with Gasteiger partial charge < -0.3 is 9.63 Å². The quantitative estimate of drug-likeness (QED) is 0.921. The van der Waals surface area contributed by atoms with Gasteiger partial charge in [-0.3, -0.25) is 4.79 Å². The standard InChI is InChI=1S/C12H11ClN2O3/c1-7(5-10(16)17)11-14-12(18-15-11)8-3-2-4-9(13)6-8/h2-4,6-7H,5H2,1H3,(H,16,17)/t7-/m1/s1. The molecule has 6 heteroatoms. The van der Waals surface area contributed by atoms with Gasteiger partial charge in [-0.1, -0.05) is 29.7 Å². The molecule has 0 radical (unpaired) electrons. The predicted molar refractivity (Wildman–Crippen MR) is 65.4 cm³/mol. The van der Waals surface area contributed by atoms with E-state index in [1.165, 1.54) is 0 Å². The van der Waals surface area contributed by atoms with Gasteiger partial charge in [0.05, 0.1) is 6.42 Å². The molecule has 0 aliphatic carbocycles. The highest BCUT2D eigenvalue weighted by Crippen LogP contribution is 2.23. The number of benzene rings is 1. The maximum absolute atomic E-state index is 10.6. The minimum atomic E-state index is -0.892. The van der Waals surface area contributed by atoms with Crippen LogP contribution in [-0.4, -0.2) is 21.2 Å². The van der Waals surface area contributed by atoms with E-state index in [1.54, 1.807) is 31.2 Å². The average Bonchev–Trinajstić information content (AvgIpc) is 2.77. The molecule has 5 nitrogen and oxygen atoms in total. The molecular formula is C12H11ClN2O3. The Morgan fingerprint density at radius 3 is 3.00 bits per heavy atom. The Hall–Kier alpha value is -1.88. The van der Waals surface area contributed by atoms with Gasteiger partial charge in [-0.2, -0.15) is 4.98 Å². The van der Waals surface area contributed by atoms with Crippen LogP contribution in [0.25, 0.3) is 11.5 Å². The Morgan fingerprint density at radius 1 is 1.56 bits per heavy atom. The fraction of sp³-hybridized carbons (Fsp3) is 0.250. The lowest BCUT2D eigenvalue weighted by atomic mass is 10.1. The molecule has 0 fully saturated rings. The lowest BCUT2D eigenvalue weighted by Gasteiger charge is -2.00. The number of aromatic nitrogens is 2. The van der Waals surface area contributed by atoms with Gasteiger partial charge in [0.2, 0.25) is 0 Å². The summed E-state index contributed by atoms with van der Waals surface area (Å²) in [7, 11) is 0. The van der Waals surface area contributed by atoms with Gasteiger partial charge in [0.15, 0.2) is 5.82 Å². The SMILES string of the molecule is C[C@H](CC(=O)O)c1noc(-c2cccc(Cl)c2)n1. The number of carboxylic acids is 1. The molecule has 0 aliphatic heterocycles. The minimum absolute atomic E-state index is 0.0332. The summed E-state index contributed by atoms with van der Waals surface area (Å²) in [6.07, 6.45) is -0.0332. The number of halogens is 1. The Morgan fingerprint density at radius 2 is 2.33 bits per heavy atom. The van der Waals surface area contributed by atoms with Crippen LogP contribution >= 0.6 is 11.6 Å². The van der Waals surface area contributed by atoms with Gasteiger partial charge in [0.1, 0.15) is 0 Å². The molecular weight excluding hydrogens is 256 g/mol. The van der Waals surface area contributed by atoms with Crippen LogP contribution in [0.1, 0.15) is 25.1 Å². The first-order valence-corrected chi connectivity index (χ1v) is 5.75. The van der Waals surface area contributed by atoms with Crippen LogP contribution in [-0.2, 0) is 4.79 Å². The van der Waals surface area contributed by atoms with Crippen LogP contribution in [0.5, 0.6) is 0 Å². The zero-order chi connectivity index (χ0) is 13.1. The Kier molecular flexibility index (Phi) is 3.62. The molecule has 1 N–H and O–H groups in total. The second-order valence-electron chi connectivity index (χ2n) is 3.97. The summed E-state index contributed by atoms with van der Waals surface area (Å²) >= 11 is 5.87. The summed E-state index contributed by atoms with van der Waals surface area (Å²) in [5.74, 6) is -0.465. The monoisotopic (exact) mass is 266 g/mol. The zero-order valence-corrected chi connectivity index (χ0v) is 10.4. The Balaban J connectivity index is 2.22. The van der Waals surface area contributed by atoms with E-state index in [4.69, 9.17) is 21.2 Å². The summed E-state index contributed by atoms with van der Waals surface area (Å²) in [6, 6.07) is 7.03. The van der Waals surface area contributed by atoms with Gasteiger partial charge >= 0.3 is 5.97 Å². The zero-order valence-electron chi connectivity index (χ0n) is 9.63. The highest BCUT2D eigenvalue weighted by Gasteiger charge is 2.17. The number of carboxylic acid groups (broad SMARTS) is 1. The second kappa shape index (κ2) is 5.18. The van der Waals surface area contributed by atoms with E-state index in [1.807, 2.05) is 0 Å². The van der Waals surface area contributed by atoms with Crippen molar-refractivity contribution < 1.29 is 14.4 Å². The van der Waals surface area contributed by atoms with Crippen molar-refractivity contribution in [2.75, 3.05) is 0 Å². The van der Waals surface area contributed by atoms with Crippen molar-refractivity contribution in [2.24, 2.45) is 0 Å². The molecule has 1 aromatic carbocycles. The van der Waals surface area contributed by atoms with E-state index < -0.39 is 5.97 Å². The van der Waals surface area contributed by atoms with Crippen LogP contribution < -0.4 is 0 Å². The molecule has 0 unspecified atom stereocenters. The van der Waals surface area contributed by atoms with Gasteiger partial charge in [-0.05, 0) is 18.2 Å². The fourth-order valence-corrected chi connectivity index (χ4v) is 1.72. The molecule has 0 saturated carbocycles. The third-order valence-corrected chi connectivity index (χ3v) is 2.67. The molecule has 94 valence electrons. The normalized spacial score (nSPS) is 12.3. The van der Waals surface area contributed by atoms with E-state index in [2.05, 4.69) is 10.1 Å². The van der Waals surface area contributed by atoms with Crippen LogP contribution in [0, 0.1) is 0 Å². The van der Waals surface area contributed by atoms with Crippen molar-refractivity contribution in [3.63, 3.8) is 0 Å². The number of rotatable bonds is 4. The summed E-state index contributed by atoms with van der Waals surface area (Å²) < 4.78 is 5.10. The highest BCUT2D eigenvalue weighted by molar-refractivity contribution is 6.30. The van der Waals surface area contributed by atoms with Crippen molar-refractivity contribution in [3.8, 4) is 11.5 Å². The molecule has 1 atom stereocenters. The molecule has 0 saturated heterocycles. The fourth-order valence-electron chi connectivity index (χ4n) is 1.53. The molecule has 2 rings (SSSR count). The van der Waals surface area contributed by atoms with Gasteiger partial charge in [0, 0.05) is 16.5 Å². The number of hydrogen-bond acceptors (Lipinski definition) is 4. The van der Waals surface area contributed by atoms with Crippen LogP contribution in [0.15, 0.2) is 28.8 Å². The van der Waals surface area contributed by atoms with E-state index >= 15 is 0 Å². The molecule has 0 bridgehead atoms. The van der Waals surface area contributed by atoms with Crippen molar-refractivity contribution in [2.45, 2.75) is 19.3 Å². The molecule has 18 heavy (non-hydrogen) atoms. The van der Waals surface area contributed by atoms with Crippen molar-refractivity contribution in [1.82, 2.24) is 10.1 Å². The first-order chi connectivity index (χ1) is 8.56. The van der Waals surface area contributed by atoms with Gasteiger partial charge in [-0.15, -0.1) is 0 Å². The minimum Gasteiger partial charge on any atom is -0.481 e. The lowest BCUT2D eigenvalue weighted by Crippen LogP contribution is -2.04. The molecule has 0 spiro atoms. The van der Waals surface area contributed by atoms with E-state index in [0.717, 1.165) is 0 Å². The third kappa shape index (κ3) is 2.87. The first kappa shape index (κ1) is 12.6. The Labute approximate surface area is 108 Å². The molecule has 0 amide bonds. The average molecular weight is 267 g/mol. The molecule has 2 aromatic rings.